The molecule has 3 heterocycles. The number of hydrogen-bond acceptors (Lipinski definition) is 2. The summed E-state index contributed by atoms with van der Waals surface area (Å²) in [5.74, 6) is 0.0770. The highest BCUT2D eigenvalue weighted by molar-refractivity contribution is 6.02. The summed E-state index contributed by atoms with van der Waals surface area (Å²) >= 11 is 0. The van der Waals surface area contributed by atoms with Gasteiger partial charge in [0, 0.05) is 37.3 Å². The predicted molar refractivity (Wildman–Crippen MR) is 93.4 cm³/mol. The van der Waals surface area contributed by atoms with Crippen molar-refractivity contribution < 1.29 is 14.8 Å². The second-order valence-corrected chi connectivity index (χ2v) is 7.25. The molecule has 1 atom stereocenters. The number of fused-ring (bicyclic) bond motifs is 3. The van der Waals surface area contributed by atoms with E-state index in [4.69, 9.17) is 0 Å². The Bertz CT molecular complexity index is 761. The SMILES string of the molecule is CN1CCc2c(n(CC(O)C[NH+]3CCCC3)c3ccccc23)C1=O. The fourth-order valence-electron chi connectivity index (χ4n) is 4.31. The van der Waals surface area contributed by atoms with E-state index in [1.54, 1.807) is 4.90 Å². The van der Waals surface area contributed by atoms with Crippen LogP contribution in [0.15, 0.2) is 24.3 Å². The van der Waals surface area contributed by atoms with Crippen LogP contribution in [0.25, 0.3) is 10.9 Å². The fraction of sp³-hybridized carbons (Fsp3) is 0.526. The largest absolute Gasteiger partial charge is 0.385 e. The zero-order chi connectivity index (χ0) is 16.7. The third kappa shape index (κ3) is 2.62. The molecule has 0 bridgehead atoms. The Morgan fingerprint density at radius 3 is 2.79 bits per heavy atom. The van der Waals surface area contributed by atoms with Gasteiger partial charge in [0.1, 0.15) is 18.3 Å². The molecule has 2 aliphatic rings. The van der Waals surface area contributed by atoms with E-state index >= 15 is 0 Å². The van der Waals surface area contributed by atoms with Crippen molar-refractivity contribution >= 4 is 16.8 Å². The summed E-state index contributed by atoms with van der Waals surface area (Å²) in [6.45, 7) is 4.34. The number of amides is 1. The first-order valence-electron chi connectivity index (χ1n) is 9.02. The van der Waals surface area contributed by atoms with Crippen LogP contribution in [0, 0.1) is 0 Å². The number of carbonyl (C=O) groups excluding carboxylic acids is 1. The number of likely N-dealkylation sites (tertiary alicyclic amines) is 1. The molecule has 4 rings (SSSR count). The first kappa shape index (κ1) is 15.7. The molecule has 0 spiro atoms. The number of nitrogens with zero attached hydrogens (tertiary/aromatic N) is 2. The van der Waals surface area contributed by atoms with Crippen molar-refractivity contribution in [1.82, 2.24) is 9.47 Å². The van der Waals surface area contributed by atoms with Gasteiger partial charge >= 0.3 is 0 Å². The number of aromatic nitrogens is 1. The number of likely N-dealkylation sites (N-methyl/N-ethyl adjacent to an activating group) is 1. The molecule has 5 heteroatoms. The second kappa shape index (κ2) is 6.22. The minimum Gasteiger partial charge on any atom is -0.385 e. The highest BCUT2D eigenvalue weighted by Crippen LogP contribution is 2.30. The Hall–Kier alpha value is -1.85. The molecule has 2 aromatic rings. The van der Waals surface area contributed by atoms with E-state index in [0.717, 1.165) is 54.8 Å². The van der Waals surface area contributed by atoms with Crippen LogP contribution >= 0.6 is 0 Å². The number of nitrogens with one attached hydrogen (secondary N) is 1. The molecule has 1 amide bonds. The van der Waals surface area contributed by atoms with Crippen LogP contribution in [0.4, 0.5) is 0 Å². The molecular weight excluding hydrogens is 302 g/mol. The van der Waals surface area contributed by atoms with E-state index in [9.17, 15) is 9.90 Å². The molecule has 1 fully saturated rings. The molecule has 1 saturated heterocycles. The molecule has 1 unspecified atom stereocenters. The van der Waals surface area contributed by atoms with E-state index < -0.39 is 6.10 Å². The van der Waals surface area contributed by atoms with Crippen molar-refractivity contribution in [2.45, 2.75) is 31.9 Å². The number of rotatable bonds is 4. The van der Waals surface area contributed by atoms with Gasteiger partial charge < -0.3 is 19.5 Å². The highest BCUT2D eigenvalue weighted by atomic mass is 16.3. The van der Waals surface area contributed by atoms with Crippen molar-refractivity contribution in [2.24, 2.45) is 0 Å². The van der Waals surface area contributed by atoms with Gasteiger partial charge in [-0.3, -0.25) is 4.79 Å². The van der Waals surface area contributed by atoms with Crippen molar-refractivity contribution in [3.8, 4) is 0 Å². The second-order valence-electron chi connectivity index (χ2n) is 7.25. The van der Waals surface area contributed by atoms with Gasteiger partial charge in [-0.15, -0.1) is 0 Å². The van der Waals surface area contributed by atoms with Crippen LogP contribution in [0.5, 0.6) is 0 Å². The molecule has 5 nitrogen and oxygen atoms in total. The van der Waals surface area contributed by atoms with Gasteiger partial charge in [0.15, 0.2) is 0 Å². The highest BCUT2D eigenvalue weighted by Gasteiger charge is 2.30. The maximum atomic E-state index is 12.8. The molecule has 0 aliphatic carbocycles. The Labute approximate surface area is 142 Å². The van der Waals surface area contributed by atoms with Crippen molar-refractivity contribution in [2.75, 3.05) is 33.2 Å². The van der Waals surface area contributed by atoms with E-state index in [-0.39, 0.29) is 5.91 Å². The van der Waals surface area contributed by atoms with Crippen molar-refractivity contribution in [3.63, 3.8) is 0 Å². The molecule has 2 N–H and O–H groups in total. The van der Waals surface area contributed by atoms with Gasteiger partial charge in [-0.1, -0.05) is 18.2 Å². The standard InChI is InChI=1S/C19H25N3O2/c1-20-11-8-16-15-6-2-3-7-17(15)22(18(16)19(20)24)13-14(23)12-21-9-4-5-10-21/h2-3,6-7,14,23H,4-5,8-13H2,1H3/p+1. The average Bonchev–Trinajstić information content (AvgIpc) is 3.18. The van der Waals surface area contributed by atoms with Crippen LogP contribution in [-0.2, 0) is 13.0 Å². The number of aliphatic hydroxyl groups is 1. The minimum atomic E-state index is -0.418. The normalized spacial score (nSPS) is 19.9. The summed E-state index contributed by atoms with van der Waals surface area (Å²) < 4.78 is 2.06. The lowest BCUT2D eigenvalue weighted by Gasteiger charge is -2.25. The molecule has 128 valence electrons. The minimum absolute atomic E-state index is 0.0770. The average molecular weight is 328 g/mol. The smallest absolute Gasteiger partial charge is 0.270 e. The summed E-state index contributed by atoms with van der Waals surface area (Å²) in [7, 11) is 1.86. The Morgan fingerprint density at radius 2 is 2.00 bits per heavy atom. The number of carbonyl (C=O) groups is 1. The zero-order valence-electron chi connectivity index (χ0n) is 14.3. The summed E-state index contributed by atoms with van der Waals surface area (Å²) in [6.07, 6.45) is 2.98. The summed E-state index contributed by atoms with van der Waals surface area (Å²) in [6, 6.07) is 8.20. The summed E-state index contributed by atoms with van der Waals surface area (Å²) in [5, 5.41) is 11.8. The zero-order valence-corrected chi connectivity index (χ0v) is 14.3. The molecule has 1 aromatic carbocycles. The maximum absolute atomic E-state index is 12.8. The monoisotopic (exact) mass is 328 g/mol. The maximum Gasteiger partial charge on any atom is 0.270 e. The Kier molecular flexibility index (Phi) is 4.06. The molecule has 0 saturated carbocycles. The third-order valence-electron chi connectivity index (χ3n) is 5.55. The number of para-hydroxylation sites is 1. The molecule has 2 aliphatic heterocycles. The van der Waals surface area contributed by atoms with Gasteiger partial charge in [-0.25, -0.2) is 0 Å². The van der Waals surface area contributed by atoms with E-state index in [0.29, 0.717) is 6.54 Å². The Morgan fingerprint density at radius 1 is 1.25 bits per heavy atom. The number of aliphatic hydroxyl groups excluding tert-OH is 1. The summed E-state index contributed by atoms with van der Waals surface area (Å²) in [4.78, 5) is 16.0. The van der Waals surface area contributed by atoms with Gasteiger partial charge in [-0.05, 0) is 18.1 Å². The van der Waals surface area contributed by atoms with Crippen LogP contribution in [0.3, 0.4) is 0 Å². The fourth-order valence-corrected chi connectivity index (χ4v) is 4.31. The quantitative estimate of drug-likeness (QED) is 0.849. The van der Waals surface area contributed by atoms with Gasteiger partial charge in [0.25, 0.3) is 5.91 Å². The molecule has 24 heavy (non-hydrogen) atoms. The molecule has 0 radical (unpaired) electrons. The number of benzene rings is 1. The lowest BCUT2D eigenvalue weighted by molar-refractivity contribution is -0.890. The van der Waals surface area contributed by atoms with Gasteiger partial charge in [0.05, 0.1) is 19.6 Å². The van der Waals surface area contributed by atoms with Crippen molar-refractivity contribution in [1.29, 1.82) is 0 Å². The first-order valence-corrected chi connectivity index (χ1v) is 9.02. The number of hydrogen-bond donors (Lipinski definition) is 2. The lowest BCUT2D eigenvalue weighted by Crippen LogP contribution is -3.11. The predicted octanol–water partition coefficient (Wildman–Crippen LogP) is 0.309. The topological polar surface area (TPSA) is 49.9 Å². The lowest BCUT2D eigenvalue weighted by atomic mass is 10.0. The van der Waals surface area contributed by atoms with Crippen LogP contribution in [0.2, 0.25) is 0 Å². The van der Waals surface area contributed by atoms with E-state index in [2.05, 4.69) is 16.7 Å². The van der Waals surface area contributed by atoms with Gasteiger partial charge in [0.2, 0.25) is 0 Å². The van der Waals surface area contributed by atoms with Crippen LogP contribution < -0.4 is 4.90 Å². The third-order valence-corrected chi connectivity index (χ3v) is 5.55. The Balaban J connectivity index is 1.70. The van der Waals surface area contributed by atoms with Crippen molar-refractivity contribution in [3.05, 3.63) is 35.5 Å². The van der Waals surface area contributed by atoms with E-state index in [1.807, 2.05) is 19.2 Å². The molecule has 1 aromatic heterocycles. The molecular formula is C19H26N3O2+. The number of quaternary nitrogens is 1. The van der Waals surface area contributed by atoms with Crippen LogP contribution in [-0.4, -0.2) is 59.8 Å². The summed E-state index contributed by atoms with van der Waals surface area (Å²) in [5.41, 5.74) is 3.00. The van der Waals surface area contributed by atoms with E-state index in [1.165, 1.54) is 17.7 Å². The first-order chi connectivity index (χ1) is 11.6. The van der Waals surface area contributed by atoms with Gasteiger partial charge in [-0.2, -0.15) is 0 Å². The van der Waals surface area contributed by atoms with Crippen LogP contribution in [0.1, 0.15) is 28.9 Å².